The van der Waals surface area contributed by atoms with Crippen LogP contribution in [0, 0.1) is 0 Å². The molecule has 3 heterocycles. The van der Waals surface area contributed by atoms with Gasteiger partial charge in [0.1, 0.15) is 12.7 Å². The lowest BCUT2D eigenvalue weighted by Gasteiger charge is -2.10. The largest absolute Gasteiger partial charge is 0.378 e. The van der Waals surface area contributed by atoms with Crippen LogP contribution in [0.15, 0.2) is 12.7 Å². The van der Waals surface area contributed by atoms with Gasteiger partial charge in [0.25, 0.3) is 5.95 Å². The second kappa shape index (κ2) is 6.10. The number of ether oxygens (including phenoxy) is 1. The number of halogens is 1. The maximum absolute atomic E-state index is 5.88. The summed E-state index contributed by atoms with van der Waals surface area (Å²) in [4.78, 5) is 16.1. The lowest BCUT2D eigenvalue weighted by atomic mass is 10.2. The van der Waals surface area contributed by atoms with E-state index in [4.69, 9.17) is 16.3 Å². The maximum Gasteiger partial charge on any atom is 0.258 e. The molecule has 1 aliphatic rings. The van der Waals surface area contributed by atoms with Gasteiger partial charge in [0.05, 0.1) is 6.10 Å². The Morgan fingerprint density at radius 3 is 3.10 bits per heavy atom. The van der Waals surface area contributed by atoms with Gasteiger partial charge in [-0.05, 0) is 30.9 Å². The van der Waals surface area contributed by atoms with Crippen molar-refractivity contribution in [1.29, 1.82) is 0 Å². The molecule has 0 aliphatic carbocycles. The van der Waals surface area contributed by atoms with Crippen LogP contribution in [0.3, 0.4) is 0 Å². The monoisotopic (exact) mass is 295 g/mol. The van der Waals surface area contributed by atoms with E-state index in [9.17, 15) is 0 Å². The molecule has 1 fully saturated rings. The zero-order valence-corrected chi connectivity index (χ0v) is 11.5. The van der Waals surface area contributed by atoms with Gasteiger partial charge < -0.3 is 10.1 Å². The molecule has 1 atom stereocenters. The van der Waals surface area contributed by atoms with Crippen LogP contribution in [0.1, 0.15) is 19.3 Å². The molecule has 9 heteroatoms. The van der Waals surface area contributed by atoms with Crippen molar-refractivity contribution in [2.45, 2.75) is 25.4 Å². The van der Waals surface area contributed by atoms with Gasteiger partial charge in [-0.3, -0.25) is 0 Å². The number of aromatic nitrogens is 6. The van der Waals surface area contributed by atoms with Gasteiger partial charge in [0, 0.05) is 13.2 Å². The fourth-order valence-corrected chi connectivity index (χ4v) is 2.21. The van der Waals surface area contributed by atoms with Gasteiger partial charge >= 0.3 is 0 Å². The van der Waals surface area contributed by atoms with Crippen molar-refractivity contribution in [3.63, 3.8) is 0 Å². The SMILES string of the molecule is Clc1nc(NCCC2CCCO2)nc(-n2cncn2)n1. The lowest BCUT2D eigenvalue weighted by molar-refractivity contribution is 0.107. The molecule has 1 aliphatic heterocycles. The molecular weight excluding hydrogens is 282 g/mol. The van der Waals surface area contributed by atoms with E-state index in [0.29, 0.717) is 18.0 Å². The van der Waals surface area contributed by atoms with Crippen molar-refractivity contribution in [2.24, 2.45) is 0 Å². The van der Waals surface area contributed by atoms with Crippen molar-refractivity contribution in [3.8, 4) is 5.95 Å². The molecule has 20 heavy (non-hydrogen) atoms. The zero-order valence-electron chi connectivity index (χ0n) is 10.7. The molecular formula is C11H14ClN7O. The summed E-state index contributed by atoms with van der Waals surface area (Å²) in [5.41, 5.74) is 0. The Bertz CT molecular complexity index is 556. The van der Waals surface area contributed by atoms with Gasteiger partial charge in [0.2, 0.25) is 11.2 Å². The first-order valence-corrected chi connectivity index (χ1v) is 6.81. The number of hydrogen-bond donors (Lipinski definition) is 1. The van der Waals surface area contributed by atoms with Crippen LogP contribution in [0.4, 0.5) is 5.95 Å². The van der Waals surface area contributed by atoms with E-state index >= 15 is 0 Å². The fourth-order valence-electron chi connectivity index (χ4n) is 2.05. The highest BCUT2D eigenvalue weighted by atomic mass is 35.5. The van der Waals surface area contributed by atoms with Crippen LogP contribution in [0.25, 0.3) is 5.95 Å². The molecule has 3 rings (SSSR count). The first-order chi connectivity index (χ1) is 9.81. The summed E-state index contributed by atoms with van der Waals surface area (Å²) in [6, 6.07) is 0. The van der Waals surface area contributed by atoms with Crippen molar-refractivity contribution in [3.05, 3.63) is 17.9 Å². The van der Waals surface area contributed by atoms with E-state index in [1.807, 2.05) is 0 Å². The average Bonchev–Trinajstić information content (AvgIpc) is 3.11. The smallest absolute Gasteiger partial charge is 0.258 e. The average molecular weight is 296 g/mol. The van der Waals surface area contributed by atoms with Crippen LogP contribution in [0.2, 0.25) is 5.28 Å². The predicted octanol–water partition coefficient (Wildman–Crippen LogP) is 1.09. The summed E-state index contributed by atoms with van der Waals surface area (Å²) >= 11 is 5.88. The number of hydrogen-bond acceptors (Lipinski definition) is 7. The predicted molar refractivity (Wildman–Crippen MR) is 71.8 cm³/mol. The third-order valence-electron chi connectivity index (χ3n) is 2.99. The van der Waals surface area contributed by atoms with E-state index in [0.717, 1.165) is 32.4 Å². The Labute approximate surface area is 120 Å². The Hall–Kier alpha value is -1.80. The minimum atomic E-state index is 0.116. The molecule has 0 bridgehead atoms. The number of nitrogens with one attached hydrogen (secondary N) is 1. The van der Waals surface area contributed by atoms with Crippen molar-refractivity contribution < 1.29 is 4.74 Å². The van der Waals surface area contributed by atoms with E-state index in [1.54, 1.807) is 0 Å². The summed E-state index contributed by atoms with van der Waals surface area (Å²) in [7, 11) is 0. The highest BCUT2D eigenvalue weighted by Crippen LogP contribution is 2.15. The Morgan fingerprint density at radius 1 is 1.40 bits per heavy atom. The van der Waals surface area contributed by atoms with Crippen LogP contribution < -0.4 is 5.32 Å². The second-order valence-electron chi connectivity index (χ2n) is 4.42. The third kappa shape index (κ3) is 3.20. The van der Waals surface area contributed by atoms with Gasteiger partial charge in [-0.1, -0.05) is 0 Å². The second-order valence-corrected chi connectivity index (χ2v) is 4.76. The van der Waals surface area contributed by atoms with Crippen LogP contribution in [0.5, 0.6) is 0 Å². The van der Waals surface area contributed by atoms with Crippen LogP contribution in [-0.2, 0) is 4.74 Å². The van der Waals surface area contributed by atoms with Crippen LogP contribution in [-0.4, -0.2) is 49.0 Å². The Balaban J connectivity index is 1.63. The standard InChI is InChI=1S/C11H14ClN7O/c12-9-16-10(14-4-3-8-2-1-5-20-8)18-11(17-9)19-7-13-6-15-19/h6-8H,1-5H2,(H,14,16,17,18). The first kappa shape index (κ1) is 13.2. The molecule has 0 saturated carbocycles. The number of anilines is 1. The lowest BCUT2D eigenvalue weighted by Crippen LogP contribution is -2.15. The molecule has 1 unspecified atom stereocenters. The normalized spacial score (nSPS) is 18.4. The topological polar surface area (TPSA) is 90.6 Å². The van der Waals surface area contributed by atoms with Crippen molar-refractivity contribution in [2.75, 3.05) is 18.5 Å². The van der Waals surface area contributed by atoms with Crippen molar-refractivity contribution >= 4 is 17.5 Å². The molecule has 8 nitrogen and oxygen atoms in total. The minimum Gasteiger partial charge on any atom is -0.378 e. The minimum absolute atomic E-state index is 0.116. The quantitative estimate of drug-likeness (QED) is 0.882. The molecule has 106 valence electrons. The summed E-state index contributed by atoms with van der Waals surface area (Å²) in [6.07, 6.45) is 6.41. The number of nitrogens with zero attached hydrogens (tertiary/aromatic N) is 6. The summed E-state index contributed by atoms with van der Waals surface area (Å²) in [5.74, 6) is 0.760. The van der Waals surface area contributed by atoms with Gasteiger partial charge in [-0.2, -0.15) is 24.7 Å². The third-order valence-corrected chi connectivity index (χ3v) is 3.16. The number of rotatable bonds is 5. The van der Waals surface area contributed by atoms with Gasteiger partial charge in [-0.15, -0.1) is 0 Å². The van der Waals surface area contributed by atoms with Crippen LogP contribution >= 0.6 is 11.6 Å². The van der Waals surface area contributed by atoms with Gasteiger partial charge in [0.15, 0.2) is 0 Å². The molecule has 0 aromatic carbocycles. The molecule has 0 spiro atoms. The Kier molecular flexibility index (Phi) is 4.03. The van der Waals surface area contributed by atoms with E-state index in [2.05, 4.69) is 30.4 Å². The molecule has 0 amide bonds. The summed E-state index contributed by atoms with van der Waals surface area (Å²) in [5, 5.41) is 7.20. The zero-order chi connectivity index (χ0) is 13.8. The molecule has 2 aromatic heterocycles. The highest BCUT2D eigenvalue weighted by Gasteiger charge is 2.15. The van der Waals surface area contributed by atoms with E-state index in [1.165, 1.54) is 17.3 Å². The van der Waals surface area contributed by atoms with E-state index < -0.39 is 0 Å². The molecule has 1 saturated heterocycles. The van der Waals surface area contributed by atoms with E-state index in [-0.39, 0.29) is 5.28 Å². The van der Waals surface area contributed by atoms with Crippen molar-refractivity contribution in [1.82, 2.24) is 29.7 Å². The van der Waals surface area contributed by atoms with Gasteiger partial charge in [-0.25, -0.2) is 4.98 Å². The molecule has 2 aromatic rings. The summed E-state index contributed by atoms with van der Waals surface area (Å²) < 4.78 is 6.99. The first-order valence-electron chi connectivity index (χ1n) is 6.43. The Morgan fingerprint density at radius 2 is 2.35 bits per heavy atom. The molecule has 0 radical (unpaired) electrons. The fraction of sp³-hybridized carbons (Fsp3) is 0.545. The summed E-state index contributed by atoms with van der Waals surface area (Å²) in [6.45, 7) is 1.58. The molecule has 1 N–H and O–H groups in total. The maximum atomic E-state index is 5.88. The highest BCUT2D eigenvalue weighted by molar-refractivity contribution is 6.28.